The molecule has 0 bridgehead atoms. The molecule has 0 saturated carbocycles. The summed E-state index contributed by atoms with van der Waals surface area (Å²) in [6.45, 7) is 0. The van der Waals surface area contributed by atoms with Crippen LogP contribution in [0.1, 0.15) is 0 Å². The van der Waals surface area contributed by atoms with E-state index in [0.717, 1.165) is 8.17 Å². The van der Waals surface area contributed by atoms with Crippen LogP contribution in [0.5, 0.6) is 0 Å². The van der Waals surface area contributed by atoms with Crippen LogP contribution >= 0.6 is 18.8 Å². The van der Waals surface area contributed by atoms with Crippen molar-refractivity contribution >= 4 is 27.0 Å². The maximum atomic E-state index is 6.41. The molecule has 2 heterocycles. The van der Waals surface area contributed by atoms with Crippen LogP contribution in [0.2, 0.25) is 0 Å². The summed E-state index contributed by atoms with van der Waals surface area (Å²) in [7, 11) is 12.8. The van der Waals surface area contributed by atoms with E-state index in [2.05, 4.69) is 9.97 Å². The molecule has 0 aliphatic heterocycles. The van der Waals surface area contributed by atoms with Crippen LogP contribution in [0.25, 0.3) is 0 Å². The first-order valence-corrected chi connectivity index (χ1v) is 12.0. The normalized spacial score (nSPS) is 12.4. The zero-order valence-electron chi connectivity index (χ0n) is 7.59. The summed E-state index contributed by atoms with van der Waals surface area (Å²) in [6, 6.07) is 11.2. The zero-order valence-corrected chi connectivity index (χ0v) is 11.4. The molecule has 0 N–H and O–H groups in total. The Balaban J connectivity index is 2.44. The van der Waals surface area contributed by atoms with E-state index in [1.165, 1.54) is 0 Å². The standard InChI is InChI=1S/2C5H4N.2ClH.Pt/c2*1-2-4-6-5-3-1;;;/h2*1-4H;2*1H;/q;;;;+2/p-2. The van der Waals surface area contributed by atoms with Gasteiger partial charge in [-0.25, -0.2) is 0 Å². The summed E-state index contributed by atoms with van der Waals surface area (Å²) in [6.07, 6.45) is 3.39. The number of aromatic nitrogens is 2. The van der Waals surface area contributed by atoms with Crippen LogP contribution in [-0.4, -0.2) is 9.97 Å². The average Bonchev–Trinajstić information content (AvgIpc) is 2.31. The molecule has 0 aromatic carbocycles. The first-order chi connectivity index (χ1) is 7.21. The third-order valence-corrected chi connectivity index (χ3v) is 9.91. The predicted octanol–water partition coefficient (Wildman–Crippen LogP) is 1.89. The molecule has 0 fully saturated rings. The van der Waals surface area contributed by atoms with Crippen molar-refractivity contribution in [2.45, 2.75) is 0 Å². The van der Waals surface area contributed by atoms with Crippen molar-refractivity contribution in [1.29, 1.82) is 0 Å². The summed E-state index contributed by atoms with van der Waals surface area (Å²) in [5, 5.41) is 0. The van der Waals surface area contributed by atoms with E-state index >= 15 is 0 Å². The quantitative estimate of drug-likeness (QED) is 0.739. The monoisotopic (exact) mass is 421 g/mol. The van der Waals surface area contributed by atoms with E-state index < -0.39 is 14.0 Å². The van der Waals surface area contributed by atoms with Gasteiger partial charge in [-0.05, 0) is 0 Å². The molecule has 82 valence electrons. The van der Waals surface area contributed by atoms with Crippen LogP contribution in [0, 0.1) is 0 Å². The fourth-order valence-corrected chi connectivity index (χ4v) is 6.36. The van der Waals surface area contributed by atoms with Crippen LogP contribution in [0.3, 0.4) is 0 Å². The van der Waals surface area contributed by atoms with Gasteiger partial charge in [0.1, 0.15) is 0 Å². The van der Waals surface area contributed by atoms with Crippen molar-refractivity contribution in [3.63, 3.8) is 0 Å². The number of rotatable bonds is 2. The van der Waals surface area contributed by atoms with Gasteiger partial charge < -0.3 is 0 Å². The molecular weight excluding hydrogens is 414 g/mol. The van der Waals surface area contributed by atoms with Gasteiger partial charge in [0, 0.05) is 0 Å². The van der Waals surface area contributed by atoms with Crippen LogP contribution in [0.15, 0.2) is 48.8 Å². The van der Waals surface area contributed by atoms with Crippen molar-refractivity contribution < 1.29 is 14.0 Å². The van der Waals surface area contributed by atoms with Crippen molar-refractivity contribution in [3.05, 3.63) is 48.8 Å². The van der Waals surface area contributed by atoms with E-state index in [-0.39, 0.29) is 0 Å². The average molecular weight is 422 g/mol. The molecule has 0 unspecified atom stereocenters. The first kappa shape index (κ1) is 11.1. The topological polar surface area (TPSA) is 25.8 Å². The van der Waals surface area contributed by atoms with E-state index in [1.54, 1.807) is 12.4 Å². The van der Waals surface area contributed by atoms with Gasteiger partial charge in [-0.2, -0.15) is 0 Å². The molecule has 0 aliphatic carbocycles. The molecule has 0 saturated heterocycles. The predicted molar refractivity (Wildman–Crippen MR) is 59.4 cm³/mol. The van der Waals surface area contributed by atoms with Gasteiger partial charge >= 0.3 is 99.7 Å². The van der Waals surface area contributed by atoms with E-state index in [0.29, 0.717) is 0 Å². The Kier molecular flexibility index (Phi) is 3.40. The van der Waals surface area contributed by atoms with Crippen molar-refractivity contribution in [2.75, 3.05) is 0 Å². The Labute approximate surface area is 99.3 Å². The van der Waals surface area contributed by atoms with Crippen molar-refractivity contribution in [2.24, 2.45) is 0 Å². The van der Waals surface area contributed by atoms with Gasteiger partial charge in [-0.1, -0.05) is 0 Å². The van der Waals surface area contributed by atoms with Gasteiger partial charge in [0.2, 0.25) is 0 Å². The molecule has 2 aromatic heterocycles. The Bertz CT molecular complexity index is 392. The Morgan fingerprint density at radius 1 is 0.800 bits per heavy atom. The Hall–Kier alpha value is -0.432. The van der Waals surface area contributed by atoms with Gasteiger partial charge in [-0.15, -0.1) is 0 Å². The minimum atomic E-state index is -3.20. The molecule has 0 amide bonds. The molecule has 5 heteroatoms. The number of halogens is 2. The number of nitrogens with zero attached hydrogens (tertiary/aromatic N) is 2. The van der Waals surface area contributed by atoms with E-state index in [9.17, 15) is 0 Å². The Morgan fingerprint density at radius 2 is 1.27 bits per heavy atom. The fraction of sp³-hybridized carbons (Fsp3) is 0. The molecule has 0 atom stereocenters. The minimum absolute atomic E-state index is 0.757. The molecule has 2 nitrogen and oxygen atoms in total. The molecule has 15 heavy (non-hydrogen) atoms. The SMILES string of the molecule is [Cl][Pt]([Cl])([c]1ccccn1)[c]1ccccn1. The molecule has 0 spiro atoms. The van der Waals surface area contributed by atoms with Gasteiger partial charge in [0.25, 0.3) is 0 Å². The van der Waals surface area contributed by atoms with Gasteiger partial charge in [0.05, 0.1) is 0 Å². The summed E-state index contributed by atoms with van der Waals surface area (Å²) < 4.78 is 1.51. The third-order valence-electron chi connectivity index (χ3n) is 1.63. The second-order valence-corrected chi connectivity index (χ2v) is 14.4. The maximum absolute atomic E-state index is 6.41. The molecular formula is C10H8Cl2N2Pt. The zero-order chi connectivity index (χ0) is 10.7. The van der Waals surface area contributed by atoms with Crippen molar-refractivity contribution in [3.8, 4) is 0 Å². The molecule has 2 rings (SSSR count). The van der Waals surface area contributed by atoms with E-state index in [1.807, 2.05) is 36.4 Å². The van der Waals surface area contributed by atoms with E-state index in [4.69, 9.17) is 18.8 Å². The molecule has 0 aliphatic rings. The molecule has 0 radical (unpaired) electrons. The summed E-state index contributed by atoms with van der Waals surface area (Å²) in [4.78, 5) is 8.41. The fourth-order valence-electron chi connectivity index (χ4n) is 0.981. The van der Waals surface area contributed by atoms with Crippen LogP contribution in [0.4, 0.5) is 0 Å². The van der Waals surface area contributed by atoms with Crippen LogP contribution in [-0.2, 0) is 14.0 Å². The first-order valence-electron chi connectivity index (χ1n) is 4.10. The van der Waals surface area contributed by atoms with Gasteiger partial charge in [0.15, 0.2) is 0 Å². The number of hydrogen-bond acceptors (Lipinski definition) is 2. The second kappa shape index (κ2) is 4.61. The number of pyridine rings is 2. The third kappa shape index (κ3) is 2.39. The Morgan fingerprint density at radius 3 is 1.60 bits per heavy atom. The summed E-state index contributed by atoms with van der Waals surface area (Å²) in [5.41, 5.74) is 0. The molecule has 2 aromatic rings. The van der Waals surface area contributed by atoms with Crippen molar-refractivity contribution in [1.82, 2.24) is 9.97 Å². The second-order valence-electron chi connectivity index (χ2n) is 2.60. The van der Waals surface area contributed by atoms with Gasteiger partial charge in [-0.3, -0.25) is 0 Å². The summed E-state index contributed by atoms with van der Waals surface area (Å²) >= 11 is -3.20. The van der Waals surface area contributed by atoms with Crippen LogP contribution < -0.4 is 8.17 Å². The summed E-state index contributed by atoms with van der Waals surface area (Å²) in [5.74, 6) is 0. The number of hydrogen-bond donors (Lipinski definition) is 0.